The Balaban J connectivity index is 1.80. The number of carbonyl (C=O) groups excluding carboxylic acids is 2. The van der Waals surface area contributed by atoms with Crippen molar-refractivity contribution in [2.75, 3.05) is 6.54 Å². The lowest BCUT2D eigenvalue weighted by molar-refractivity contribution is -0.384. The predicted molar refractivity (Wildman–Crippen MR) is 96.5 cm³/mol. The van der Waals surface area contributed by atoms with Crippen LogP contribution in [0, 0.1) is 17.0 Å². The molecule has 0 aliphatic carbocycles. The Morgan fingerprint density at radius 3 is 2.81 bits per heavy atom. The first kappa shape index (κ1) is 18.1. The molecule has 0 radical (unpaired) electrons. The van der Waals surface area contributed by atoms with Gasteiger partial charge in [-0.15, -0.1) is 11.3 Å². The van der Waals surface area contributed by atoms with E-state index in [1.807, 2.05) is 5.38 Å². The highest BCUT2D eigenvalue weighted by atomic mass is 32.1. The highest BCUT2D eigenvalue weighted by molar-refractivity contribution is 7.12. The van der Waals surface area contributed by atoms with E-state index in [0.29, 0.717) is 23.4 Å². The number of thiophene rings is 1. The van der Waals surface area contributed by atoms with Crippen molar-refractivity contribution in [2.45, 2.75) is 32.2 Å². The van der Waals surface area contributed by atoms with Gasteiger partial charge in [-0.2, -0.15) is 0 Å². The van der Waals surface area contributed by atoms with Crippen LogP contribution in [0.5, 0.6) is 5.75 Å². The third kappa shape index (κ3) is 3.75. The maximum atomic E-state index is 12.7. The standard InChI is InChI=1S/C18H18N2O5S/c1-12-7-8-13(20(23)24)11-15(12)25-18(22)14-5-2-3-9-19(14)17(21)16-6-4-10-26-16/h4,6-8,10-11,14H,2-3,5,9H2,1H3. The average Bonchev–Trinajstić information content (AvgIpc) is 3.17. The number of nitro benzene ring substituents is 1. The SMILES string of the molecule is Cc1ccc([N+](=O)[O-])cc1OC(=O)C1CCCCN1C(=O)c1cccs1. The zero-order chi connectivity index (χ0) is 18.7. The van der Waals surface area contributed by atoms with Crippen molar-refractivity contribution >= 4 is 28.9 Å². The molecular formula is C18H18N2O5S. The molecule has 2 aromatic rings. The molecule has 2 heterocycles. The van der Waals surface area contributed by atoms with Crippen molar-refractivity contribution in [1.29, 1.82) is 0 Å². The number of piperidine rings is 1. The van der Waals surface area contributed by atoms with E-state index in [1.54, 1.807) is 24.0 Å². The molecule has 1 saturated heterocycles. The summed E-state index contributed by atoms with van der Waals surface area (Å²) in [6.07, 6.45) is 2.17. The molecule has 1 aromatic carbocycles. The summed E-state index contributed by atoms with van der Waals surface area (Å²) in [5.74, 6) is -0.589. The smallest absolute Gasteiger partial charge is 0.334 e. The van der Waals surface area contributed by atoms with E-state index in [4.69, 9.17) is 4.74 Å². The van der Waals surface area contributed by atoms with Crippen molar-refractivity contribution in [3.05, 3.63) is 56.3 Å². The minimum atomic E-state index is -0.683. The molecule has 136 valence electrons. The zero-order valence-electron chi connectivity index (χ0n) is 14.2. The number of benzene rings is 1. The van der Waals surface area contributed by atoms with Gasteiger partial charge in [-0.25, -0.2) is 4.79 Å². The summed E-state index contributed by atoms with van der Waals surface area (Å²) in [7, 11) is 0. The van der Waals surface area contributed by atoms with Crippen LogP contribution in [0.25, 0.3) is 0 Å². The minimum absolute atomic E-state index is 0.145. The molecule has 0 N–H and O–H groups in total. The van der Waals surface area contributed by atoms with Crippen LogP contribution in [-0.2, 0) is 4.79 Å². The fourth-order valence-electron chi connectivity index (χ4n) is 2.95. The maximum absolute atomic E-state index is 12.7. The molecule has 1 aliphatic heterocycles. The molecule has 1 aromatic heterocycles. The number of carbonyl (C=O) groups is 2. The predicted octanol–water partition coefficient (Wildman–Crippen LogP) is 3.57. The minimum Gasteiger partial charge on any atom is -0.424 e. The van der Waals surface area contributed by atoms with Crippen molar-refractivity contribution in [3.8, 4) is 5.75 Å². The normalized spacial score (nSPS) is 17.0. The topological polar surface area (TPSA) is 89.8 Å². The summed E-state index contributed by atoms with van der Waals surface area (Å²) in [6, 6.07) is 6.98. The molecule has 7 nitrogen and oxygen atoms in total. The van der Waals surface area contributed by atoms with E-state index < -0.39 is 16.9 Å². The van der Waals surface area contributed by atoms with Crippen LogP contribution in [-0.4, -0.2) is 34.3 Å². The molecule has 1 fully saturated rings. The molecule has 1 unspecified atom stereocenters. The molecule has 1 aliphatic rings. The van der Waals surface area contributed by atoms with Crippen LogP contribution in [0.4, 0.5) is 5.69 Å². The second-order valence-corrected chi connectivity index (χ2v) is 7.06. The summed E-state index contributed by atoms with van der Waals surface area (Å²) in [4.78, 5) is 37.9. The van der Waals surface area contributed by atoms with Gasteiger partial charge in [0.2, 0.25) is 0 Å². The molecule has 3 rings (SSSR count). The molecule has 26 heavy (non-hydrogen) atoms. The molecule has 8 heteroatoms. The first-order chi connectivity index (χ1) is 12.5. The third-order valence-corrected chi connectivity index (χ3v) is 5.22. The highest BCUT2D eigenvalue weighted by Gasteiger charge is 2.34. The van der Waals surface area contributed by atoms with Crippen molar-refractivity contribution in [1.82, 2.24) is 4.90 Å². The number of rotatable bonds is 4. The Hall–Kier alpha value is -2.74. The summed E-state index contributed by atoms with van der Waals surface area (Å²) in [6.45, 7) is 2.20. The number of ether oxygens (including phenoxy) is 1. The second-order valence-electron chi connectivity index (χ2n) is 6.12. The number of likely N-dealkylation sites (tertiary alicyclic amines) is 1. The fraction of sp³-hybridized carbons (Fsp3) is 0.333. The quantitative estimate of drug-likeness (QED) is 0.353. The Labute approximate surface area is 154 Å². The van der Waals surface area contributed by atoms with Crippen LogP contribution in [0.3, 0.4) is 0 Å². The van der Waals surface area contributed by atoms with Crippen molar-refractivity contribution in [2.24, 2.45) is 0 Å². The van der Waals surface area contributed by atoms with Crippen LogP contribution in [0.2, 0.25) is 0 Å². The van der Waals surface area contributed by atoms with Gasteiger partial charge >= 0.3 is 5.97 Å². The number of nitro groups is 1. The van der Waals surface area contributed by atoms with Gasteiger partial charge in [-0.05, 0) is 49.3 Å². The number of hydrogen-bond acceptors (Lipinski definition) is 6. The largest absolute Gasteiger partial charge is 0.424 e. The number of non-ortho nitro benzene ring substituents is 1. The third-order valence-electron chi connectivity index (χ3n) is 4.36. The van der Waals surface area contributed by atoms with E-state index in [0.717, 1.165) is 12.8 Å². The molecule has 0 spiro atoms. The lowest BCUT2D eigenvalue weighted by Crippen LogP contribution is -2.49. The van der Waals surface area contributed by atoms with E-state index in [1.165, 1.54) is 29.5 Å². The Morgan fingerprint density at radius 1 is 1.31 bits per heavy atom. The zero-order valence-corrected chi connectivity index (χ0v) is 15.0. The molecule has 0 saturated carbocycles. The van der Waals surface area contributed by atoms with Crippen molar-refractivity contribution in [3.63, 3.8) is 0 Å². The highest BCUT2D eigenvalue weighted by Crippen LogP contribution is 2.27. The Kier molecular flexibility index (Phi) is 5.32. The van der Waals surface area contributed by atoms with Gasteiger partial charge in [0.15, 0.2) is 0 Å². The van der Waals surface area contributed by atoms with E-state index in [-0.39, 0.29) is 17.3 Å². The number of amides is 1. The molecule has 0 bridgehead atoms. The number of aryl methyl sites for hydroxylation is 1. The van der Waals surface area contributed by atoms with Gasteiger partial charge in [0.1, 0.15) is 11.8 Å². The van der Waals surface area contributed by atoms with Gasteiger partial charge in [-0.1, -0.05) is 6.07 Å². The first-order valence-electron chi connectivity index (χ1n) is 8.28. The van der Waals surface area contributed by atoms with Crippen LogP contribution < -0.4 is 4.74 Å². The van der Waals surface area contributed by atoms with Gasteiger partial charge in [0.05, 0.1) is 15.9 Å². The van der Waals surface area contributed by atoms with Crippen molar-refractivity contribution < 1.29 is 19.2 Å². The summed E-state index contributed by atoms with van der Waals surface area (Å²) >= 11 is 1.33. The lowest BCUT2D eigenvalue weighted by atomic mass is 10.0. The number of esters is 1. The summed E-state index contributed by atoms with van der Waals surface area (Å²) in [5.41, 5.74) is 0.476. The first-order valence-corrected chi connectivity index (χ1v) is 9.16. The Morgan fingerprint density at radius 2 is 2.12 bits per heavy atom. The van der Waals surface area contributed by atoms with E-state index in [9.17, 15) is 19.7 Å². The number of nitrogens with zero attached hydrogens (tertiary/aromatic N) is 2. The monoisotopic (exact) mass is 374 g/mol. The van der Waals surface area contributed by atoms with Crippen LogP contribution >= 0.6 is 11.3 Å². The number of hydrogen-bond donors (Lipinski definition) is 0. The molecule has 1 amide bonds. The lowest BCUT2D eigenvalue weighted by Gasteiger charge is -2.33. The fourth-order valence-corrected chi connectivity index (χ4v) is 3.63. The average molecular weight is 374 g/mol. The summed E-state index contributed by atoms with van der Waals surface area (Å²) < 4.78 is 5.44. The van der Waals surface area contributed by atoms with Gasteiger partial charge in [0, 0.05) is 12.6 Å². The maximum Gasteiger partial charge on any atom is 0.334 e. The molecular weight excluding hydrogens is 356 g/mol. The van der Waals surface area contributed by atoms with Crippen LogP contribution in [0.15, 0.2) is 35.7 Å². The molecule has 1 atom stereocenters. The van der Waals surface area contributed by atoms with Gasteiger partial charge in [-0.3, -0.25) is 14.9 Å². The van der Waals surface area contributed by atoms with Gasteiger partial charge < -0.3 is 9.64 Å². The van der Waals surface area contributed by atoms with Gasteiger partial charge in [0.25, 0.3) is 11.6 Å². The second kappa shape index (κ2) is 7.65. The van der Waals surface area contributed by atoms with Crippen LogP contribution in [0.1, 0.15) is 34.5 Å². The summed E-state index contributed by atoms with van der Waals surface area (Å²) in [5, 5.41) is 12.8. The Bertz CT molecular complexity index is 834. The van der Waals surface area contributed by atoms with E-state index >= 15 is 0 Å². The van der Waals surface area contributed by atoms with E-state index in [2.05, 4.69) is 0 Å².